The van der Waals surface area contributed by atoms with Crippen molar-refractivity contribution >= 4 is 22.9 Å². The Balaban J connectivity index is 2.13. The summed E-state index contributed by atoms with van der Waals surface area (Å²) in [4.78, 5) is 15.6. The van der Waals surface area contributed by atoms with Crippen LogP contribution in [0, 0.1) is 0 Å². The Morgan fingerprint density at radius 3 is 2.50 bits per heavy atom. The Morgan fingerprint density at radius 2 is 1.88 bits per heavy atom. The van der Waals surface area contributed by atoms with Gasteiger partial charge in [0.1, 0.15) is 0 Å². The summed E-state index contributed by atoms with van der Waals surface area (Å²) in [7, 11) is 8.85. The summed E-state index contributed by atoms with van der Waals surface area (Å²) in [6, 6.07) is 3.98. The van der Waals surface area contributed by atoms with Gasteiger partial charge < -0.3 is 24.4 Å². The van der Waals surface area contributed by atoms with Crippen LogP contribution in [-0.2, 0) is 11.3 Å². The van der Waals surface area contributed by atoms with Crippen molar-refractivity contribution in [1.29, 1.82) is 0 Å². The Morgan fingerprint density at radius 1 is 1.15 bits per heavy atom. The van der Waals surface area contributed by atoms with Gasteiger partial charge in [-0.05, 0) is 31.1 Å². The molecule has 0 radical (unpaired) electrons. The lowest BCUT2D eigenvalue weighted by atomic mass is 9.87. The quantitative estimate of drug-likeness (QED) is 0.838. The summed E-state index contributed by atoms with van der Waals surface area (Å²) >= 11 is 1.67. The molecule has 0 fully saturated rings. The maximum atomic E-state index is 12.3. The molecule has 1 unspecified atom stereocenters. The molecule has 1 N–H and O–H groups in total. The summed E-state index contributed by atoms with van der Waals surface area (Å²) in [5.74, 6) is 1.59. The Hall–Kier alpha value is -2.25. The van der Waals surface area contributed by atoms with Crippen molar-refractivity contribution in [2.24, 2.45) is 0 Å². The molecule has 2 aromatic rings. The van der Waals surface area contributed by atoms with Gasteiger partial charge in [0, 0.05) is 35.4 Å². The number of thiophene rings is 1. The van der Waals surface area contributed by atoms with Crippen molar-refractivity contribution in [1.82, 2.24) is 4.90 Å². The molecular formula is C19H24N2O4S. The Labute approximate surface area is 157 Å². The lowest BCUT2D eigenvalue weighted by molar-refractivity contribution is -0.116. The zero-order valence-electron chi connectivity index (χ0n) is 15.7. The maximum Gasteiger partial charge on any atom is 0.225 e. The van der Waals surface area contributed by atoms with Crippen LogP contribution < -0.4 is 19.5 Å². The first-order chi connectivity index (χ1) is 12.5. The van der Waals surface area contributed by atoms with Gasteiger partial charge in [0.05, 0.1) is 27.0 Å². The summed E-state index contributed by atoms with van der Waals surface area (Å²) in [6.45, 7) is 0.866. The summed E-state index contributed by atoms with van der Waals surface area (Å²) < 4.78 is 16.6. The number of benzene rings is 1. The standard InChI is InChI=1S/C19H24N2O4S/c1-21(2)9-11-6-15(26-10-11)12-7-16(22)20-13-8-14(23-3)18(24-4)19(25-5)17(12)13/h6,8,10,12H,7,9H2,1-5H3,(H,20,22). The number of hydrogen-bond donors (Lipinski definition) is 1. The molecule has 1 aliphatic rings. The lowest BCUT2D eigenvalue weighted by Crippen LogP contribution is -2.24. The van der Waals surface area contributed by atoms with E-state index in [2.05, 4.69) is 21.7 Å². The van der Waals surface area contributed by atoms with Gasteiger partial charge in [0.2, 0.25) is 11.7 Å². The van der Waals surface area contributed by atoms with Crippen LogP contribution in [0.4, 0.5) is 5.69 Å². The minimum Gasteiger partial charge on any atom is -0.493 e. The van der Waals surface area contributed by atoms with Crippen LogP contribution in [0.2, 0.25) is 0 Å². The third-order valence-electron chi connectivity index (χ3n) is 4.40. The van der Waals surface area contributed by atoms with Crippen molar-refractivity contribution in [3.05, 3.63) is 33.5 Å². The molecule has 2 heterocycles. The van der Waals surface area contributed by atoms with Crippen LogP contribution in [0.15, 0.2) is 17.5 Å². The molecule has 0 aliphatic carbocycles. The SMILES string of the molecule is COc1cc2c(c(OC)c1OC)C(c1cc(CN(C)C)cs1)CC(=O)N2. The first-order valence-corrected chi connectivity index (χ1v) is 9.21. The molecular weight excluding hydrogens is 352 g/mol. The molecule has 0 saturated heterocycles. The van der Waals surface area contributed by atoms with E-state index in [1.54, 1.807) is 38.7 Å². The lowest BCUT2D eigenvalue weighted by Gasteiger charge is -2.28. The molecule has 1 aromatic carbocycles. The summed E-state index contributed by atoms with van der Waals surface area (Å²) in [6.07, 6.45) is 0.376. The smallest absolute Gasteiger partial charge is 0.225 e. The van der Waals surface area contributed by atoms with E-state index in [9.17, 15) is 4.79 Å². The van der Waals surface area contributed by atoms with E-state index in [-0.39, 0.29) is 11.8 Å². The number of hydrogen-bond acceptors (Lipinski definition) is 6. The number of fused-ring (bicyclic) bond motifs is 1. The minimum atomic E-state index is -0.0746. The predicted octanol–water partition coefficient (Wildman–Crippen LogP) is 3.31. The van der Waals surface area contributed by atoms with Gasteiger partial charge in [0.25, 0.3) is 0 Å². The molecule has 6 nitrogen and oxygen atoms in total. The highest BCUT2D eigenvalue weighted by molar-refractivity contribution is 7.10. The highest BCUT2D eigenvalue weighted by Crippen LogP contribution is 2.51. The summed E-state index contributed by atoms with van der Waals surface area (Å²) in [5.41, 5.74) is 2.88. The van der Waals surface area contributed by atoms with E-state index in [1.807, 2.05) is 14.1 Å². The largest absolute Gasteiger partial charge is 0.493 e. The van der Waals surface area contributed by atoms with E-state index in [0.29, 0.717) is 29.4 Å². The predicted molar refractivity (Wildman–Crippen MR) is 103 cm³/mol. The first kappa shape index (κ1) is 18.5. The van der Waals surface area contributed by atoms with Gasteiger partial charge in [0.15, 0.2) is 11.5 Å². The Kier molecular flexibility index (Phi) is 5.38. The molecule has 0 saturated carbocycles. The number of anilines is 1. The van der Waals surface area contributed by atoms with Crippen molar-refractivity contribution < 1.29 is 19.0 Å². The fourth-order valence-electron chi connectivity index (χ4n) is 3.38. The number of nitrogens with zero attached hydrogens (tertiary/aromatic N) is 1. The van der Waals surface area contributed by atoms with Crippen LogP contribution >= 0.6 is 11.3 Å². The highest BCUT2D eigenvalue weighted by atomic mass is 32.1. The number of amides is 1. The molecule has 7 heteroatoms. The van der Waals surface area contributed by atoms with E-state index < -0.39 is 0 Å². The number of nitrogens with one attached hydrogen (secondary N) is 1. The molecule has 0 spiro atoms. The van der Waals surface area contributed by atoms with Crippen LogP contribution in [0.1, 0.15) is 28.3 Å². The number of carbonyl (C=O) groups excluding carboxylic acids is 1. The molecule has 140 valence electrons. The summed E-state index contributed by atoms with van der Waals surface area (Å²) in [5, 5.41) is 5.09. The topological polar surface area (TPSA) is 60.0 Å². The monoisotopic (exact) mass is 376 g/mol. The van der Waals surface area contributed by atoms with Gasteiger partial charge in [-0.25, -0.2) is 0 Å². The third-order valence-corrected chi connectivity index (χ3v) is 5.49. The molecule has 1 aliphatic heterocycles. The molecule has 3 rings (SSSR count). The number of ether oxygens (including phenoxy) is 3. The second kappa shape index (κ2) is 7.55. The number of methoxy groups -OCH3 is 3. The highest BCUT2D eigenvalue weighted by Gasteiger charge is 2.34. The van der Waals surface area contributed by atoms with Gasteiger partial charge >= 0.3 is 0 Å². The number of rotatable bonds is 6. The van der Waals surface area contributed by atoms with Crippen LogP contribution in [0.3, 0.4) is 0 Å². The van der Waals surface area contributed by atoms with Gasteiger partial charge in [-0.2, -0.15) is 0 Å². The zero-order valence-corrected chi connectivity index (χ0v) is 16.5. The van der Waals surface area contributed by atoms with E-state index in [0.717, 1.165) is 17.0 Å². The fraction of sp³-hybridized carbons (Fsp3) is 0.421. The molecule has 1 amide bonds. The van der Waals surface area contributed by atoms with Crippen molar-refractivity contribution in [3.8, 4) is 17.2 Å². The maximum absolute atomic E-state index is 12.3. The third kappa shape index (κ3) is 3.37. The first-order valence-electron chi connectivity index (χ1n) is 8.33. The zero-order chi connectivity index (χ0) is 18.8. The second-order valence-corrected chi connectivity index (χ2v) is 7.45. The van der Waals surface area contributed by atoms with Gasteiger partial charge in [-0.3, -0.25) is 4.79 Å². The fourth-order valence-corrected chi connectivity index (χ4v) is 4.40. The van der Waals surface area contributed by atoms with Crippen molar-refractivity contribution in [2.45, 2.75) is 18.9 Å². The average molecular weight is 376 g/mol. The number of carbonyl (C=O) groups is 1. The molecule has 1 atom stereocenters. The van der Waals surface area contributed by atoms with Crippen LogP contribution in [0.5, 0.6) is 17.2 Å². The van der Waals surface area contributed by atoms with E-state index >= 15 is 0 Å². The van der Waals surface area contributed by atoms with Crippen LogP contribution in [0.25, 0.3) is 0 Å². The second-order valence-electron chi connectivity index (χ2n) is 6.51. The molecule has 26 heavy (non-hydrogen) atoms. The normalized spacial score (nSPS) is 16.2. The van der Waals surface area contributed by atoms with E-state index in [4.69, 9.17) is 14.2 Å². The van der Waals surface area contributed by atoms with Crippen molar-refractivity contribution in [2.75, 3.05) is 40.7 Å². The minimum absolute atomic E-state index is 0.0145. The van der Waals surface area contributed by atoms with Gasteiger partial charge in [-0.1, -0.05) is 0 Å². The van der Waals surface area contributed by atoms with E-state index in [1.165, 1.54) is 5.56 Å². The Bertz CT molecular complexity index is 816. The van der Waals surface area contributed by atoms with Crippen LogP contribution in [-0.4, -0.2) is 46.2 Å². The molecule has 1 aromatic heterocycles. The molecule has 0 bridgehead atoms. The van der Waals surface area contributed by atoms with Gasteiger partial charge in [-0.15, -0.1) is 11.3 Å². The van der Waals surface area contributed by atoms with Crippen molar-refractivity contribution in [3.63, 3.8) is 0 Å². The average Bonchev–Trinajstić information content (AvgIpc) is 3.06.